The van der Waals surface area contributed by atoms with E-state index in [9.17, 15) is 19.4 Å². The van der Waals surface area contributed by atoms with Crippen molar-refractivity contribution in [2.24, 2.45) is 5.92 Å². The Balaban J connectivity index is 2.00. The molecule has 6 heteroatoms. The number of hydrogen-bond acceptors (Lipinski definition) is 4. The Hall–Kier alpha value is -2.60. The summed E-state index contributed by atoms with van der Waals surface area (Å²) in [6, 6.07) is 12.2. The fourth-order valence-electron chi connectivity index (χ4n) is 3.91. The van der Waals surface area contributed by atoms with Gasteiger partial charge in [0.25, 0.3) is 0 Å². The highest BCUT2D eigenvalue weighted by Crippen LogP contribution is 2.38. The molecule has 0 bridgehead atoms. The maximum atomic E-state index is 13.4. The molecule has 31 heavy (non-hydrogen) atoms. The molecule has 3 N–H and O–H groups in total. The van der Waals surface area contributed by atoms with Crippen molar-refractivity contribution in [3.05, 3.63) is 53.8 Å². The van der Waals surface area contributed by atoms with Crippen molar-refractivity contribution < 1.29 is 19.4 Å². The van der Waals surface area contributed by atoms with Crippen LogP contribution >= 0.6 is 0 Å². The molecule has 2 aromatic rings. The highest BCUT2D eigenvalue weighted by atomic mass is 19.1. The third-order valence-corrected chi connectivity index (χ3v) is 5.62. The highest BCUT2D eigenvalue weighted by molar-refractivity contribution is 5.77. The second kappa shape index (κ2) is 9.69. The van der Waals surface area contributed by atoms with Gasteiger partial charge in [0.15, 0.2) is 0 Å². The second-order valence-electron chi connectivity index (χ2n) is 9.25. The number of halogens is 1. The van der Waals surface area contributed by atoms with Crippen LogP contribution in [0.1, 0.15) is 57.9 Å². The summed E-state index contributed by atoms with van der Waals surface area (Å²) in [5.74, 6) is -0.589. The average molecular weight is 429 g/mol. The first-order chi connectivity index (χ1) is 14.6. The molecule has 0 radical (unpaired) electrons. The van der Waals surface area contributed by atoms with Crippen LogP contribution in [0.2, 0.25) is 0 Å². The fourth-order valence-corrected chi connectivity index (χ4v) is 3.91. The zero-order valence-corrected chi connectivity index (χ0v) is 18.6. The lowest BCUT2D eigenvalue weighted by Gasteiger charge is -2.33. The Labute approximate surface area is 183 Å². The first kappa shape index (κ1) is 23.1. The monoisotopic (exact) mass is 428 g/mol. The summed E-state index contributed by atoms with van der Waals surface area (Å²) in [4.78, 5) is 13.5. The molecule has 0 unspecified atom stereocenters. The first-order valence-electron chi connectivity index (χ1n) is 11.0. The summed E-state index contributed by atoms with van der Waals surface area (Å²) < 4.78 is 13.4. The van der Waals surface area contributed by atoms with Crippen molar-refractivity contribution in [2.75, 3.05) is 23.3 Å². The predicted octanol–water partition coefficient (Wildman–Crippen LogP) is 5.52. The smallest absolute Gasteiger partial charge is 0.303 e. The largest absolute Gasteiger partial charge is 0.481 e. The number of nitrogens with one attached hydrogen (secondary N) is 1. The summed E-state index contributed by atoms with van der Waals surface area (Å²) in [6.07, 6.45) is 3.17. The molecule has 0 spiro atoms. The second-order valence-corrected chi connectivity index (χ2v) is 9.25. The number of carbonyl (C=O) groups is 1. The van der Waals surface area contributed by atoms with E-state index < -0.39 is 11.6 Å². The first-order valence-corrected chi connectivity index (χ1v) is 11.0. The SMILES string of the molecule is CC[C@@H](CC(=O)O)c1ccc(N(CC2CC2)CC(C)(C)O)c(Nc2ccc(F)cc2)c1. The lowest BCUT2D eigenvalue weighted by atomic mass is 9.92. The molecule has 0 amide bonds. The summed E-state index contributed by atoms with van der Waals surface area (Å²) in [5.41, 5.74) is 2.62. The molecule has 5 nitrogen and oxygen atoms in total. The third kappa shape index (κ3) is 6.96. The molecule has 1 saturated carbocycles. The standard InChI is InChI=1S/C25H33FN2O3/c1-4-18(14-24(29)30)19-7-12-23(28(15-17-5-6-17)16-25(2,3)31)22(13-19)27-21-10-8-20(26)9-11-21/h7-13,17-18,27,31H,4-6,14-16H2,1-3H3,(H,29,30)/t18-/m0/s1. The van der Waals surface area contributed by atoms with E-state index >= 15 is 0 Å². The van der Waals surface area contributed by atoms with Gasteiger partial charge in [0, 0.05) is 18.8 Å². The van der Waals surface area contributed by atoms with Crippen LogP contribution in [0.25, 0.3) is 0 Å². The maximum absolute atomic E-state index is 13.4. The Morgan fingerprint density at radius 1 is 1.23 bits per heavy atom. The number of aliphatic carboxylic acids is 1. The van der Waals surface area contributed by atoms with Crippen LogP contribution in [-0.2, 0) is 4.79 Å². The molecule has 1 aliphatic carbocycles. The Morgan fingerprint density at radius 2 is 1.90 bits per heavy atom. The molecular formula is C25H33FN2O3. The van der Waals surface area contributed by atoms with Gasteiger partial charge < -0.3 is 20.4 Å². The van der Waals surface area contributed by atoms with Crippen LogP contribution in [0.4, 0.5) is 21.5 Å². The van der Waals surface area contributed by atoms with Crippen LogP contribution in [0.15, 0.2) is 42.5 Å². The average Bonchev–Trinajstić information content (AvgIpc) is 3.50. The highest BCUT2D eigenvalue weighted by Gasteiger charge is 2.29. The molecule has 3 rings (SSSR count). The van der Waals surface area contributed by atoms with Crippen molar-refractivity contribution in [2.45, 2.75) is 58.0 Å². The third-order valence-electron chi connectivity index (χ3n) is 5.62. The van der Waals surface area contributed by atoms with Gasteiger partial charge in [0.1, 0.15) is 5.82 Å². The molecule has 0 saturated heterocycles. The van der Waals surface area contributed by atoms with E-state index in [4.69, 9.17) is 0 Å². The van der Waals surface area contributed by atoms with Gasteiger partial charge in [0.05, 0.1) is 23.4 Å². The van der Waals surface area contributed by atoms with E-state index in [-0.39, 0.29) is 18.2 Å². The minimum Gasteiger partial charge on any atom is -0.481 e. The van der Waals surface area contributed by atoms with Gasteiger partial charge in [0.2, 0.25) is 0 Å². The zero-order chi connectivity index (χ0) is 22.6. The molecule has 0 aromatic heterocycles. The summed E-state index contributed by atoms with van der Waals surface area (Å²) in [5, 5.41) is 23.2. The molecule has 1 fully saturated rings. The number of nitrogens with zero attached hydrogens (tertiary/aromatic N) is 1. The van der Waals surface area contributed by atoms with E-state index in [1.54, 1.807) is 26.0 Å². The van der Waals surface area contributed by atoms with Crippen LogP contribution in [0, 0.1) is 11.7 Å². The lowest BCUT2D eigenvalue weighted by molar-refractivity contribution is -0.137. The van der Waals surface area contributed by atoms with Gasteiger partial charge in [-0.15, -0.1) is 0 Å². The van der Waals surface area contributed by atoms with Crippen molar-refractivity contribution in [3.63, 3.8) is 0 Å². The normalized spacial score (nSPS) is 14.9. The van der Waals surface area contributed by atoms with E-state index in [0.29, 0.717) is 12.5 Å². The van der Waals surface area contributed by atoms with Gasteiger partial charge in [-0.2, -0.15) is 0 Å². The quantitative estimate of drug-likeness (QED) is 0.439. The summed E-state index contributed by atoms with van der Waals surface area (Å²) in [7, 11) is 0. The summed E-state index contributed by atoms with van der Waals surface area (Å²) in [6.45, 7) is 6.92. The molecular weight excluding hydrogens is 395 g/mol. The minimum absolute atomic E-state index is 0.0707. The lowest BCUT2D eigenvalue weighted by Crippen LogP contribution is -2.40. The molecule has 1 aliphatic rings. The van der Waals surface area contributed by atoms with Crippen molar-refractivity contribution in [1.82, 2.24) is 0 Å². The fraction of sp³-hybridized carbons (Fsp3) is 0.480. The topological polar surface area (TPSA) is 72.8 Å². The van der Waals surface area contributed by atoms with Crippen molar-refractivity contribution in [3.8, 4) is 0 Å². The van der Waals surface area contributed by atoms with Crippen LogP contribution in [-0.4, -0.2) is 34.9 Å². The van der Waals surface area contributed by atoms with Gasteiger partial charge >= 0.3 is 5.97 Å². The van der Waals surface area contributed by atoms with Crippen LogP contribution in [0.5, 0.6) is 0 Å². The number of aliphatic hydroxyl groups is 1. The number of carboxylic acid groups (broad SMARTS) is 1. The van der Waals surface area contributed by atoms with Crippen molar-refractivity contribution in [1.29, 1.82) is 0 Å². The molecule has 168 valence electrons. The Morgan fingerprint density at radius 3 is 2.45 bits per heavy atom. The van der Waals surface area contributed by atoms with Gasteiger partial charge in [-0.25, -0.2) is 4.39 Å². The van der Waals surface area contributed by atoms with E-state index in [1.807, 2.05) is 25.1 Å². The van der Waals surface area contributed by atoms with Crippen LogP contribution < -0.4 is 10.2 Å². The zero-order valence-electron chi connectivity index (χ0n) is 18.6. The number of anilines is 3. The maximum Gasteiger partial charge on any atom is 0.303 e. The minimum atomic E-state index is -0.865. The van der Waals surface area contributed by atoms with Gasteiger partial charge in [-0.05, 0) is 86.9 Å². The number of hydrogen-bond donors (Lipinski definition) is 3. The number of carboxylic acids is 1. The van der Waals surface area contributed by atoms with Crippen molar-refractivity contribution >= 4 is 23.0 Å². The Bertz CT molecular complexity index is 889. The molecule has 0 heterocycles. The van der Waals surface area contributed by atoms with E-state index in [2.05, 4.69) is 10.2 Å². The number of rotatable bonds is 11. The molecule has 1 atom stereocenters. The Kier molecular flexibility index (Phi) is 7.21. The van der Waals surface area contributed by atoms with Crippen LogP contribution in [0.3, 0.4) is 0 Å². The van der Waals surface area contributed by atoms with E-state index in [0.717, 1.165) is 35.6 Å². The van der Waals surface area contributed by atoms with Gasteiger partial charge in [-0.3, -0.25) is 4.79 Å². The molecule has 2 aromatic carbocycles. The number of benzene rings is 2. The van der Waals surface area contributed by atoms with Gasteiger partial charge in [-0.1, -0.05) is 13.0 Å². The predicted molar refractivity (Wildman–Crippen MR) is 123 cm³/mol. The molecule has 0 aliphatic heterocycles. The summed E-state index contributed by atoms with van der Waals surface area (Å²) >= 11 is 0. The van der Waals surface area contributed by atoms with E-state index in [1.165, 1.54) is 25.0 Å².